The van der Waals surface area contributed by atoms with Gasteiger partial charge in [0.25, 0.3) is 11.8 Å². The van der Waals surface area contributed by atoms with E-state index in [1.807, 2.05) is 0 Å². The quantitative estimate of drug-likeness (QED) is 0.831. The molecule has 2 unspecified atom stereocenters. The van der Waals surface area contributed by atoms with Gasteiger partial charge in [-0.3, -0.25) is 9.59 Å². The zero-order valence-corrected chi connectivity index (χ0v) is 15.2. The van der Waals surface area contributed by atoms with Gasteiger partial charge >= 0.3 is 6.03 Å². The number of nitrogens with one attached hydrogen (secondary N) is 2. The van der Waals surface area contributed by atoms with E-state index >= 15 is 0 Å². The average molecular weight is 398 g/mol. The van der Waals surface area contributed by atoms with Gasteiger partial charge < -0.3 is 15.5 Å². The molecule has 0 saturated carbocycles. The first-order chi connectivity index (χ1) is 13.8. The Labute approximate surface area is 164 Å². The maximum atomic E-state index is 13.4. The van der Waals surface area contributed by atoms with Gasteiger partial charge in [0, 0.05) is 18.9 Å². The summed E-state index contributed by atoms with van der Waals surface area (Å²) in [5, 5.41) is 5.22. The Kier molecular flexibility index (Phi) is 4.50. The van der Waals surface area contributed by atoms with Gasteiger partial charge in [-0.2, -0.15) is 0 Å². The number of hydrogen-bond donors (Lipinski definition) is 2. The third kappa shape index (κ3) is 3.31. The fraction of sp³-hybridized carbons (Fsp3) is 0.150. The van der Waals surface area contributed by atoms with Gasteiger partial charge in [0.1, 0.15) is 17.7 Å². The number of imide groups is 1. The Hall–Kier alpha value is -3.75. The number of nitrogens with zero attached hydrogens (tertiary/aromatic N) is 2. The summed E-state index contributed by atoms with van der Waals surface area (Å²) in [6, 6.07) is 7.91. The monoisotopic (exact) mass is 398 g/mol. The second-order valence-corrected chi connectivity index (χ2v) is 6.74. The molecule has 2 aromatic carbocycles. The Morgan fingerprint density at radius 2 is 1.79 bits per heavy atom. The lowest BCUT2D eigenvalue weighted by Gasteiger charge is -2.37. The van der Waals surface area contributed by atoms with Gasteiger partial charge in [-0.25, -0.2) is 18.5 Å². The van der Waals surface area contributed by atoms with Gasteiger partial charge in [-0.1, -0.05) is 6.07 Å². The van der Waals surface area contributed by atoms with Crippen molar-refractivity contribution in [2.24, 2.45) is 0 Å². The highest BCUT2D eigenvalue weighted by Gasteiger charge is 2.49. The number of urea groups is 1. The van der Waals surface area contributed by atoms with E-state index in [0.717, 1.165) is 23.1 Å². The molecule has 29 heavy (non-hydrogen) atoms. The second-order valence-electron chi connectivity index (χ2n) is 6.74. The highest BCUT2D eigenvalue weighted by Crippen LogP contribution is 2.30. The van der Waals surface area contributed by atoms with Crippen LogP contribution in [0.4, 0.5) is 25.0 Å². The summed E-state index contributed by atoms with van der Waals surface area (Å²) in [7, 11) is 1.61. The number of benzene rings is 2. The van der Waals surface area contributed by atoms with Crippen molar-refractivity contribution >= 4 is 29.2 Å². The molecule has 4 amide bonds. The molecule has 0 bridgehead atoms. The Morgan fingerprint density at radius 1 is 1.07 bits per heavy atom. The molecule has 0 radical (unpaired) electrons. The van der Waals surface area contributed by atoms with Crippen molar-refractivity contribution in [1.29, 1.82) is 0 Å². The number of hydrogen-bond acceptors (Lipinski definition) is 4. The summed E-state index contributed by atoms with van der Waals surface area (Å²) in [6.07, 6.45) is 1.47. The van der Waals surface area contributed by atoms with Crippen LogP contribution in [0.15, 0.2) is 60.3 Å². The fourth-order valence-corrected chi connectivity index (χ4v) is 3.49. The molecule has 7 nitrogen and oxygen atoms in total. The summed E-state index contributed by atoms with van der Waals surface area (Å²) in [5.41, 5.74) is 0.643. The van der Waals surface area contributed by atoms with Crippen LogP contribution in [-0.4, -0.2) is 41.9 Å². The molecule has 2 N–H and O–H groups in total. The number of rotatable bonds is 3. The number of carbonyl (C=O) groups is 3. The molecule has 2 atom stereocenters. The lowest BCUT2D eigenvalue weighted by atomic mass is 9.99. The summed E-state index contributed by atoms with van der Waals surface area (Å²) in [6.45, 7) is 0. The van der Waals surface area contributed by atoms with Gasteiger partial charge in [0.05, 0.1) is 17.3 Å². The largest absolute Gasteiger partial charge is 0.366 e. The van der Waals surface area contributed by atoms with Crippen LogP contribution in [0.5, 0.6) is 0 Å². The van der Waals surface area contributed by atoms with Gasteiger partial charge in [0.2, 0.25) is 0 Å². The van der Waals surface area contributed by atoms with E-state index in [9.17, 15) is 23.2 Å². The molecule has 2 aliphatic heterocycles. The number of carbonyl (C=O) groups excluding carboxylic acids is 3. The van der Waals surface area contributed by atoms with Gasteiger partial charge in [-0.05, 0) is 42.5 Å². The molecule has 4 rings (SSSR count). The Balaban J connectivity index is 1.57. The first-order valence-electron chi connectivity index (χ1n) is 8.76. The maximum absolute atomic E-state index is 13.4. The van der Waals surface area contributed by atoms with Crippen LogP contribution in [0.2, 0.25) is 0 Å². The van der Waals surface area contributed by atoms with E-state index in [1.54, 1.807) is 7.05 Å². The van der Waals surface area contributed by atoms with Crippen LogP contribution < -0.4 is 15.5 Å². The lowest BCUT2D eigenvalue weighted by Crippen LogP contribution is -2.65. The number of anilines is 2. The molecule has 2 heterocycles. The summed E-state index contributed by atoms with van der Waals surface area (Å²) in [4.78, 5) is 40.7. The fourth-order valence-electron chi connectivity index (χ4n) is 3.49. The van der Waals surface area contributed by atoms with Crippen molar-refractivity contribution in [2.75, 3.05) is 17.3 Å². The predicted octanol–water partition coefficient (Wildman–Crippen LogP) is 2.23. The molecule has 0 spiro atoms. The summed E-state index contributed by atoms with van der Waals surface area (Å²) in [5.74, 6) is -2.10. The van der Waals surface area contributed by atoms with Crippen LogP contribution in [-0.2, 0) is 9.59 Å². The van der Waals surface area contributed by atoms with E-state index in [4.69, 9.17) is 0 Å². The van der Waals surface area contributed by atoms with Crippen molar-refractivity contribution in [1.82, 2.24) is 10.2 Å². The van der Waals surface area contributed by atoms with Crippen molar-refractivity contribution in [3.8, 4) is 0 Å². The molecule has 148 valence electrons. The minimum atomic E-state index is -0.870. The van der Waals surface area contributed by atoms with Crippen molar-refractivity contribution in [2.45, 2.75) is 12.1 Å². The second kappa shape index (κ2) is 7.01. The van der Waals surface area contributed by atoms with Crippen LogP contribution in [0.1, 0.15) is 0 Å². The summed E-state index contributed by atoms with van der Waals surface area (Å²) >= 11 is 0. The molecule has 0 aliphatic carbocycles. The lowest BCUT2D eigenvalue weighted by molar-refractivity contribution is -0.122. The van der Waals surface area contributed by atoms with Crippen LogP contribution in [0.3, 0.4) is 0 Å². The van der Waals surface area contributed by atoms with Crippen molar-refractivity contribution in [3.05, 3.63) is 71.9 Å². The zero-order chi connectivity index (χ0) is 20.7. The average Bonchev–Trinajstić information content (AvgIpc) is 3.00. The Bertz CT molecular complexity index is 1040. The van der Waals surface area contributed by atoms with E-state index in [0.29, 0.717) is 0 Å². The number of fused-ring (bicyclic) bond motifs is 1. The highest BCUT2D eigenvalue weighted by atomic mass is 19.1. The van der Waals surface area contributed by atoms with Crippen molar-refractivity contribution in [3.63, 3.8) is 0 Å². The van der Waals surface area contributed by atoms with Crippen LogP contribution >= 0.6 is 0 Å². The van der Waals surface area contributed by atoms with Crippen molar-refractivity contribution < 1.29 is 23.2 Å². The van der Waals surface area contributed by atoms with E-state index in [2.05, 4.69) is 10.6 Å². The normalized spacial score (nSPS) is 20.9. The molecule has 2 aromatic rings. The minimum absolute atomic E-state index is 0.169. The highest BCUT2D eigenvalue weighted by molar-refractivity contribution is 6.20. The molecule has 9 heteroatoms. The molecule has 1 fully saturated rings. The molecular formula is C20H16F2N4O3. The third-order valence-corrected chi connectivity index (χ3v) is 4.82. The smallest absolute Gasteiger partial charge is 0.329 e. The first kappa shape index (κ1) is 18.6. The van der Waals surface area contributed by atoms with E-state index in [-0.39, 0.29) is 16.9 Å². The SMILES string of the molecule is CN1C=C(C(=O)Nc2cccc(F)c2)C2NC(=O)N(c3ccc(F)cc3)C(=O)C21. The topological polar surface area (TPSA) is 81.8 Å². The molecule has 2 aliphatic rings. The van der Waals surface area contributed by atoms with Gasteiger partial charge in [-0.15, -0.1) is 0 Å². The van der Waals surface area contributed by atoms with E-state index < -0.39 is 41.6 Å². The molecule has 1 saturated heterocycles. The summed E-state index contributed by atoms with van der Waals surface area (Å²) < 4.78 is 26.5. The molecule has 0 aromatic heterocycles. The number of halogens is 2. The minimum Gasteiger partial charge on any atom is -0.366 e. The predicted molar refractivity (Wildman–Crippen MR) is 101 cm³/mol. The number of amides is 4. The zero-order valence-electron chi connectivity index (χ0n) is 15.2. The Morgan fingerprint density at radius 3 is 2.48 bits per heavy atom. The van der Waals surface area contributed by atoms with Gasteiger partial charge in [0.15, 0.2) is 0 Å². The maximum Gasteiger partial charge on any atom is 0.329 e. The number of likely N-dealkylation sites (N-methyl/N-ethyl adjacent to an activating group) is 1. The first-order valence-corrected chi connectivity index (χ1v) is 8.76. The van der Waals surface area contributed by atoms with Crippen LogP contribution in [0, 0.1) is 11.6 Å². The van der Waals surface area contributed by atoms with Crippen LogP contribution in [0.25, 0.3) is 0 Å². The standard InChI is InChI=1S/C20H16F2N4O3/c1-25-10-15(18(27)23-13-4-2-3-12(22)9-13)16-17(25)19(28)26(20(29)24-16)14-7-5-11(21)6-8-14/h2-10,16-17H,1H3,(H,23,27)(H,24,29). The van der Waals surface area contributed by atoms with E-state index in [1.165, 1.54) is 41.4 Å². The molecular weight excluding hydrogens is 382 g/mol. The third-order valence-electron chi connectivity index (χ3n) is 4.82.